The fourth-order valence-corrected chi connectivity index (χ4v) is 4.51. The maximum absolute atomic E-state index is 12.2. The summed E-state index contributed by atoms with van der Waals surface area (Å²) in [6.07, 6.45) is 7.26. The van der Waals surface area contributed by atoms with E-state index in [2.05, 4.69) is 19.9 Å². The molecule has 23 heavy (non-hydrogen) atoms. The van der Waals surface area contributed by atoms with Crippen molar-refractivity contribution in [1.82, 2.24) is 4.90 Å². The fraction of sp³-hybridized carbons (Fsp3) is 0.778. The van der Waals surface area contributed by atoms with Gasteiger partial charge in [-0.05, 0) is 42.9 Å². The van der Waals surface area contributed by atoms with Crippen LogP contribution in [0.4, 0.5) is 4.79 Å². The zero-order valence-corrected chi connectivity index (χ0v) is 14.2. The number of nitrogens with two attached hydrogens (primary N) is 1. The molecule has 2 bridgehead atoms. The van der Waals surface area contributed by atoms with Crippen molar-refractivity contribution >= 4 is 12.0 Å². The van der Waals surface area contributed by atoms with Crippen LogP contribution in [-0.4, -0.2) is 36.6 Å². The van der Waals surface area contributed by atoms with Gasteiger partial charge in [-0.3, -0.25) is 4.79 Å². The van der Waals surface area contributed by atoms with Gasteiger partial charge in [-0.15, -0.1) is 0 Å². The van der Waals surface area contributed by atoms with Gasteiger partial charge in [0, 0.05) is 19.5 Å². The van der Waals surface area contributed by atoms with Gasteiger partial charge in [-0.25, -0.2) is 4.79 Å². The van der Waals surface area contributed by atoms with Crippen molar-refractivity contribution in [2.24, 2.45) is 28.9 Å². The molecule has 0 aromatic heterocycles. The summed E-state index contributed by atoms with van der Waals surface area (Å²) in [6.45, 7) is 6.20. The normalized spacial score (nSPS) is 31.8. The molecule has 3 atom stereocenters. The highest BCUT2D eigenvalue weighted by Crippen LogP contribution is 2.59. The zero-order valence-electron chi connectivity index (χ0n) is 14.2. The predicted octanol–water partition coefficient (Wildman–Crippen LogP) is 2.70. The van der Waals surface area contributed by atoms with E-state index in [4.69, 9.17) is 10.5 Å². The third-order valence-electron chi connectivity index (χ3n) is 6.28. The molecule has 0 spiro atoms. The van der Waals surface area contributed by atoms with Crippen molar-refractivity contribution in [3.05, 3.63) is 11.6 Å². The van der Waals surface area contributed by atoms with E-state index in [1.54, 1.807) is 0 Å². The molecule has 0 radical (unpaired) electrons. The Morgan fingerprint density at radius 2 is 2.22 bits per heavy atom. The number of esters is 1. The van der Waals surface area contributed by atoms with Crippen molar-refractivity contribution in [3.8, 4) is 0 Å². The number of nitrogens with zero attached hydrogens (tertiary/aromatic N) is 1. The first-order valence-electron chi connectivity index (χ1n) is 8.79. The Hall–Kier alpha value is -1.52. The van der Waals surface area contributed by atoms with Crippen LogP contribution in [-0.2, 0) is 9.53 Å². The van der Waals surface area contributed by atoms with E-state index in [1.807, 2.05) is 0 Å². The molecule has 2 fully saturated rings. The lowest BCUT2D eigenvalue weighted by atomic mass is 9.48. The van der Waals surface area contributed by atoms with Crippen LogP contribution in [0.3, 0.4) is 0 Å². The topological polar surface area (TPSA) is 72.6 Å². The van der Waals surface area contributed by atoms with Crippen LogP contribution in [0.15, 0.2) is 11.6 Å². The first-order valence-corrected chi connectivity index (χ1v) is 8.79. The van der Waals surface area contributed by atoms with Crippen LogP contribution in [0.1, 0.15) is 46.0 Å². The molecule has 5 heteroatoms. The van der Waals surface area contributed by atoms with E-state index in [-0.39, 0.29) is 11.9 Å². The first-order chi connectivity index (χ1) is 10.9. The van der Waals surface area contributed by atoms with E-state index in [0.29, 0.717) is 31.0 Å². The van der Waals surface area contributed by atoms with Crippen molar-refractivity contribution in [2.75, 3.05) is 19.7 Å². The highest BCUT2D eigenvalue weighted by atomic mass is 16.5. The van der Waals surface area contributed by atoms with Crippen molar-refractivity contribution in [3.63, 3.8) is 0 Å². The smallest absolute Gasteiger partial charge is 0.314 e. The Morgan fingerprint density at radius 3 is 2.87 bits per heavy atom. The number of piperidine rings is 1. The highest BCUT2D eigenvalue weighted by molar-refractivity contribution is 5.76. The van der Waals surface area contributed by atoms with Crippen LogP contribution >= 0.6 is 0 Å². The average Bonchev–Trinajstić information content (AvgIpc) is 2.54. The number of urea groups is 1. The number of ether oxygens (including phenoxy) is 1. The third kappa shape index (κ3) is 3.10. The third-order valence-corrected chi connectivity index (χ3v) is 6.28. The number of primary amides is 1. The summed E-state index contributed by atoms with van der Waals surface area (Å²) >= 11 is 0. The number of likely N-dealkylation sites (tertiary alicyclic amines) is 1. The lowest BCUT2D eigenvalue weighted by Gasteiger charge is -2.56. The number of allylic oxidation sites excluding steroid dienone is 1. The summed E-state index contributed by atoms with van der Waals surface area (Å²) < 4.78 is 5.49. The highest BCUT2D eigenvalue weighted by Gasteiger charge is 2.50. The predicted molar refractivity (Wildman–Crippen MR) is 87.5 cm³/mol. The lowest BCUT2D eigenvalue weighted by Crippen LogP contribution is -2.48. The second kappa shape index (κ2) is 6.17. The Bertz CT molecular complexity index is 526. The van der Waals surface area contributed by atoms with Crippen molar-refractivity contribution < 1.29 is 14.3 Å². The Balaban J connectivity index is 1.45. The van der Waals surface area contributed by atoms with Crippen LogP contribution < -0.4 is 5.73 Å². The number of amides is 2. The van der Waals surface area contributed by atoms with Crippen LogP contribution in [0.2, 0.25) is 0 Å². The molecular weight excluding hydrogens is 292 g/mol. The zero-order chi connectivity index (χ0) is 16.6. The minimum Gasteiger partial charge on any atom is -0.465 e. The summed E-state index contributed by atoms with van der Waals surface area (Å²) in [5, 5.41) is 0. The number of carbonyl (C=O) groups is 2. The molecule has 4 rings (SSSR count). The van der Waals surface area contributed by atoms with E-state index in [0.717, 1.165) is 25.2 Å². The van der Waals surface area contributed by atoms with Gasteiger partial charge in [-0.2, -0.15) is 0 Å². The average molecular weight is 320 g/mol. The van der Waals surface area contributed by atoms with Gasteiger partial charge in [0.15, 0.2) is 0 Å². The second-order valence-electron chi connectivity index (χ2n) is 7.86. The number of rotatable bonds is 4. The second-order valence-corrected chi connectivity index (χ2v) is 7.86. The molecular formula is C18H28N2O3. The minimum absolute atomic E-state index is 0.182. The van der Waals surface area contributed by atoms with Gasteiger partial charge in [0.25, 0.3) is 0 Å². The molecule has 2 N–H and O–H groups in total. The monoisotopic (exact) mass is 320 g/mol. The van der Waals surface area contributed by atoms with E-state index >= 15 is 0 Å². The van der Waals surface area contributed by atoms with E-state index in [9.17, 15) is 9.59 Å². The largest absolute Gasteiger partial charge is 0.465 e. The van der Waals surface area contributed by atoms with Gasteiger partial charge < -0.3 is 15.4 Å². The van der Waals surface area contributed by atoms with Crippen LogP contribution in [0.25, 0.3) is 0 Å². The maximum Gasteiger partial charge on any atom is 0.314 e. The lowest BCUT2D eigenvalue weighted by molar-refractivity contribution is -0.150. The summed E-state index contributed by atoms with van der Waals surface area (Å²) in [4.78, 5) is 25.0. The molecule has 0 aromatic rings. The maximum atomic E-state index is 12.2. The number of fused-ring (bicyclic) bond motifs is 1. The van der Waals surface area contributed by atoms with Crippen molar-refractivity contribution in [2.45, 2.75) is 46.0 Å². The van der Waals surface area contributed by atoms with Gasteiger partial charge in [0.2, 0.25) is 0 Å². The fourth-order valence-electron chi connectivity index (χ4n) is 4.51. The molecule has 0 unspecified atom stereocenters. The number of hydrogen-bond donors (Lipinski definition) is 1. The first kappa shape index (κ1) is 16.3. The summed E-state index contributed by atoms with van der Waals surface area (Å²) in [6, 6.07) is -0.448. The minimum atomic E-state index is -0.448. The van der Waals surface area contributed by atoms with Gasteiger partial charge in [0.1, 0.15) is 0 Å². The Labute approximate surface area is 138 Å². The van der Waals surface area contributed by atoms with E-state index < -0.39 is 6.03 Å². The molecule has 1 heterocycles. The summed E-state index contributed by atoms with van der Waals surface area (Å²) in [5.74, 6) is 1.10. The summed E-state index contributed by atoms with van der Waals surface area (Å²) in [7, 11) is 0. The van der Waals surface area contributed by atoms with Crippen LogP contribution in [0.5, 0.6) is 0 Å². The molecule has 2 amide bonds. The number of carbonyl (C=O) groups excluding carboxylic acids is 2. The molecule has 1 saturated carbocycles. The van der Waals surface area contributed by atoms with Crippen LogP contribution in [0, 0.1) is 23.2 Å². The van der Waals surface area contributed by atoms with Gasteiger partial charge in [0.05, 0.1) is 12.5 Å². The van der Waals surface area contributed by atoms with Gasteiger partial charge >= 0.3 is 12.0 Å². The molecule has 0 aromatic carbocycles. The molecule has 128 valence electrons. The Morgan fingerprint density at radius 1 is 1.43 bits per heavy atom. The SMILES string of the molecule is CC1(C)[C@H]2CC=C(CCOC(=O)[C@@H]3CCCN(C(N)=O)C3)[C@H]1C2. The summed E-state index contributed by atoms with van der Waals surface area (Å²) in [5.41, 5.74) is 7.18. The van der Waals surface area contributed by atoms with Gasteiger partial charge in [-0.1, -0.05) is 25.5 Å². The van der Waals surface area contributed by atoms with E-state index in [1.165, 1.54) is 23.3 Å². The molecule has 1 saturated heterocycles. The number of hydrogen-bond acceptors (Lipinski definition) is 3. The molecule has 1 aliphatic heterocycles. The molecule has 5 nitrogen and oxygen atoms in total. The molecule has 4 aliphatic rings. The standard InChI is InChI=1S/C18H28N2O3/c1-18(2)14-6-5-12(15(18)10-14)7-9-23-16(21)13-4-3-8-20(11-13)17(19)22/h5,13-15H,3-4,6-11H2,1-2H3,(H2,19,22)/t13-,14+,15-/m1/s1. The Kier molecular flexibility index (Phi) is 4.39. The van der Waals surface area contributed by atoms with Crippen molar-refractivity contribution in [1.29, 1.82) is 0 Å². The quantitative estimate of drug-likeness (QED) is 0.639. The molecule has 3 aliphatic carbocycles.